The first-order valence-corrected chi connectivity index (χ1v) is 10.3. The summed E-state index contributed by atoms with van der Waals surface area (Å²) in [6.45, 7) is 2.23. The lowest BCUT2D eigenvalue weighted by atomic mass is 10.2. The number of rotatable bonds is 7. The highest BCUT2D eigenvalue weighted by atomic mass is 35.5. The van der Waals surface area contributed by atoms with Gasteiger partial charge in [0.1, 0.15) is 0 Å². The van der Waals surface area contributed by atoms with Gasteiger partial charge < -0.3 is 5.32 Å². The summed E-state index contributed by atoms with van der Waals surface area (Å²) in [6.07, 6.45) is 0. The van der Waals surface area contributed by atoms with Crippen molar-refractivity contribution in [2.24, 2.45) is 0 Å². The first-order chi connectivity index (χ1) is 12.2. The van der Waals surface area contributed by atoms with E-state index in [9.17, 15) is 13.2 Å². The predicted octanol–water partition coefficient (Wildman–Crippen LogP) is 3.65. The molecule has 0 aliphatic carbocycles. The van der Waals surface area contributed by atoms with E-state index in [1.54, 1.807) is 11.9 Å². The molecule has 0 radical (unpaired) electrons. The van der Waals surface area contributed by atoms with Crippen LogP contribution in [-0.2, 0) is 14.6 Å². The molecule has 0 spiro atoms. The minimum absolute atomic E-state index is 0.00386. The van der Waals surface area contributed by atoms with Gasteiger partial charge in [-0.25, -0.2) is 8.42 Å². The largest absolute Gasteiger partial charge is 0.325 e. The Balaban J connectivity index is 1.91. The van der Waals surface area contributed by atoms with Crippen LogP contribution in [0.25, 0.3) is 0 Å². The van der Waals surface area contributed by atoms with Crippen molar-refractivity contribution < 1.29 is 13.2 Å². The monoisotopic (exact) mass is 414 g/mol. The molecule has 2 rings (SSSR count). The fourth-order valence-electron chi connectivity index (χ4n) is 2.26. The van der Waals surface area contributed by atoms with Gasteiger partial charge in [0, 0.05) is 17.3 Å². The summed E-state index contributed by atoms with van der Waals surface area (Å²) >= 11 is 11.8. The molecule has 140 valence electrons. The topological polar surface area (TPSA) is 66.5 Å². The number of aryl methyl sites for hydroxylation is 1. The number of nitrogens with one attached hydrogen (secondary N) is 1. The number of hydrogen-bond donors (Lipinski definition) is 1. The Labute approximate surface area is 163 Å². The zero-order valence-electron chi connectivity index (χ0n) is 14.5. The molecule has 0 saturated carbocycles. The number of hydrogen-bond acceptors (Lipinski definition) is 4. The summed E-state index contributed by atoms with van der Waals surface area (Å²) in [5.41, 5.74) is 1.80. The van der Waals surface area contributed by atoms with E-state index in [4.69, 9.17) is 23.2 Å². The standard InChI is InChI=1S/C18H20Cl2N2O3S/c1-13-3-6-15(7-4-13)21-18(23)12-22(2)9-10-26(24,25)17-11-14(19)5-8-16(17)20/h3-8,11H,9-10,12H2,1-2H3,(H,21,23). The summed E-state index contributed by atoms with van der Waals surface area (Å²) in [5.74, 6) is -0.379. The molecule has 0 aliphatic rings. The Kier molecular flexibility index (Phi) is 7.06. The number of carbonyl (C=O) groups is 1. The molecule has 1 N–H and O–H groups in total. The van der Waals surface area contributed by atoms with E-state index in [1.807, 2.05) is 31.2 Å². The van der Waals surface area contributed by atoms with Gasteiger partial charge in [0.15, 0.2) is 9.84 Å². The van der Waals surface area contributed by atoms with Gasteiger partial charge in [-0.3, -0.25) is 9.69 Å². The molecule has 8 heteroatoms. The fraction of sp³-hybridized carbons (Fsp3) is 0.278. The zero-order chi connectivity index (χ0) is 19.3. The van der Waals surface area contributed by atoms with E-state index in [0.717, 1.165) is 5.56 Å². The molecular formula is C18H20Cl2N2O3S. The second-order valence-electron chi connectivity index (χ2n) is 6.05. The lowest BCUT2D eigenvalue weighted by Gasteiger charge is -2.16. The van der Waals surface area contributed by atoms with Crippen LogP contribution in [0.4, 0.5) is 5.69 Å². The minimum atomic E-state index is -3.60. The molecule has 0 heterocycles. The van der Waals surface area contributed by atoms with Gasteiger partial charge in [0.05, 0.1) is 22.2 Å². The van der Waals surface area contributed by atoms with Crippen molar-refractivity contribution in [3.05, 3.63) is 58.1 Å². The van der Waals surface area contributed by atoms with Crippen molar-refractivity contribution in [2.45, 2.75) is 11.8 Å². The summed E-state index contributed by atoms with van der Waals surface area (Å²) in [5, 5.41) is 3.21. The van der Waals surface area contributed by atoms with Gasteiger partial charge in [0.2, 0.25) is 5.91 Å². The zero-order valence-corrected chi connectivity index (χ0v) is 16.8. The normalized spacial score (nSPS) is 11.6. The molecule has 2 aromatic carbocycles. The molecular weight excluding hydrogens is 395 g/mol. The number of likely N-dealkylation sites (N-methyl/N-ethyl adjacent to an activating group) is 1. The summed E-state index contributed by atoms with van der Waals surface area (Å²) < 4.78 is 24.9. The number of benzene rings is 2. The number of halogens is 2. The van der Waals surface area contributed by atoms with Crippen LogP contribution in [0.15, 0.2) is 47.4 Å². The van der Waals surface area contributed by atoms with Crippen LogP contribution in [0, 0.1) is 6.92 Å². The highest BCUT2D eigenvalue weighted by Crippen LogP contribution is 2.25. The van der Waals surface area contributed by atoms with Crippen molar-refractivity contribution in [1.29, 1.82) is 0 Å². The highest BCUT2D eigenvalue weighted by molar-refractivity contribution is 7.91. The van der Waals surface area contributed by atoms with Crippen molar-refractivity contribution in [1.82, 2.24) is 4.90 Å². The maximum atomic E-state index is 12.4. The second kappa shape index (κ2) is 8.86. The van der Waals surface area contributed by atoms with Crippen molar-refractivity contribution in [2.75, 3.05) is 31.2 Å². The Bertz CT molecular complexity index is 884. The van der Waals surface area contributed by atoms with Gasteiger partial charge in [-0.2, -0.15) is 0 Å². The second-order valence-corrected chi connectivity index (χ2v) is 8.97. The van der Waals surface area contributed by atoms with E-state index >= 15 is 0 Å². The van der Waals surface area contributed by atoms with Crippen LogP contribution >= 0.6 is 23.2 Å². The number of nitrogens with zero attached hydrogens (tertiary/aromatic N) is 1. The van der Waals surface area contributed by atoms with Crippen LogP contribution in [0.3, 0.4) is 0 Å². The van der Waals surface area contributed by atoms with Gasteiger partial charge in [-0.1, -0.05) is 40.9 Å². The Morgan fingerprint density at radius 3 is 2.42 bits per heavy atom. The average molecular weight is 415 g/mol. The smallest absolute Gasteiger partial charge is 0.238 e. The average Bonchev–Trinajstić information content (AvgIpc) is 2.57. The maximum Gasteiger partial charge on any atom is 0.238 e. The number of sulfone groups is 1. The van der Waals surface area contributed by atoms with E-state index in [0.29, 0.717) is 10.7 Å². The minimum Gasteiger partial charge on any atom is -0.325 e. The van der Waals surface area contributed by atoms with Crippen molar-refractivity contribution >= 4 is 44.6 Å². The van der Waals surface area contributed by atoms with Crippen LogP contribution in [-0.4, -0.2) is 45.1 Å². The molecule has 0 aromatic heterocycles. The molecule has 0 bridgehead atoms. The van der Waals surface area contributed by atoms with Gasteiger partial charge in [-0.15, -0.1) is 0 Å². The molecule has 0 aliphatic heterocycles. The molecule has 26 heavy (non-hydrogen) atoms. The van der Waals surface area contributed by atoms with Crippen molar-refractivity contribution in [3.63, 3.8) is 0 Å². The maximum absolute atomic E-state index is 12.4. The predicted molar refractivity (Wildman–Crippen MR) is 106 cm³/mol. The first-order valence-electron chi connectivity index (χ1n) is 7.90. The van der Waals surface area contributed by atoms with E-state index in [1.165, 1.54) is 18.2 Å². The number of carbonyl (C=O) groups excluding carboxylic acids is 1. The van der Waals surface area contributed by atoms with E-state index in [2.05, 4.69) is 5.32 Å². The number of anilines is 1. The van der Waals surface area contributed by atoms with E-state index < -0.39 is 9.84 Å². The van der Waals surface area contributed by atoms with Gasteiger partial charge in [0.25, 0.3) is 0 Å². The molecule has 5 nitrogen and oxygen atoms in total. The van der Waals surface area contributed by atoms with Gasteiger partial charge >= 0.3 is 0 Å². The third-order valence-corrected chi connectivity index (χ3v) is 6.12. The van der Waals surface area contributed by atoms with Crippen molar-refractivity contribution in [3.8, 4) is 0 Å². The summed E-state index contributed by atoms with van der Waals surface area (Å²) in [4.78, 5) is 13.7. The van der Waals surface area contributed by atoms with Crippen LogP contribution in [0.5, 0.6) is 0 Å². The first kappa shape index (κ1) is 20.7. The fourth-order valence-corrected chi connectivity index (χ4v) is 4.41. The van der Waals surface area contributed by atoms with Crippen LogP contribution < -0.4 is 5.32 Å². The lowest BCUT2D eigenvalue weighted by Crippen LogP contribution is -2.33. The molecule has 0 saturated heterocycles. The third kappa shape index (κ3) is 5.99. The molecule has 0 unspecified atom stereocenters. The van der Waals surface area contributed by atoms with Crippen LogP contribution in [0.1, 0.15) is 5.56 Å². The van der Waals surface area contributed by atoms with Gasteiger partial charge in [-0.05, 0) is 44.3 Å². The van der Waals surface area contributed by atoms with Crippen LogP contribution in [0.2, 0.25) is 10.0 Å². The lowest BCUT2D eigenvalue weighted by molar-refractivity contribution is -0.117. The van der Waals surface area contributed by atoms with E-state index in [-0.39, 0.29) is 34.7 Å². The summed E-state index contributed by atoms with van der Waals surface area (Å²) in [7, 11) is -1.91. The quantitative estimate of drug-likeness (QED) is 0.750. The highest BCUT2D eigenvalue weighted by Gasteiger charge is 2.20. The summed E-state index contributed by atoms with van der Waals surface area (Å²) in [6, 6.07) is 11.8. The third-order valence-electron chi connectivity index (χ3n) is 3.72. The number of amides is 1. The Morgan fingerprint density at radius 1 is 1.12 bits per heavy atom. The SMILES string of the molecule is Cc1ccc(NC(=O)CN(C)CCS(=O)(=O)c2cc(Cl)ccc2Cl)cc1. The molecule has 0 fully saturated rings. The molecule has 1 amide bonds. The Hall–Kier alpha value is -1.60. The molecule has 0 atom stereocenters. The molecule has 2 aromatic rings. The Morgan fingerprint density at radius 2 is 1.77 bits per heavy atom.